The van der Waals surface area contributed by atoms with E-state index in [9.17, 15) is 0 Å². The van der Waals surface area contributed by atoms with Crippen molar-refractivity contribution >= 4 is 24.8 Å². The number of nitrogens with zero attached hydrogens (tertiary/aromatic N) is 1. The summed E-state index contributed by atoms with van der Waals surface area (Å²) in [7, 11) is 4.28. The van der Waals surface area contributed by atoms with Crippen molar-refractivity contribution in [2.45, 2.75) is 25.3 Å². The van der Waals surface area contributed by atoms with Gasteiger partial charge in [-0.15, -0.1) is 24.8 Å². The molecule has 18 heavy (non-hydrogen) atoms. The zero-order chi connectivity index (χ0) is 11.4. The fourth-order valence-electron chi connectivity index (χ4n) is 2.55. The summed E-state index contributed by atoms with van der Waals surface area (Å²) in [4.78, 5) is 2.25. The Morgan fingerprint density at radius 3 is 2.33 bits per heavy atom. The second-order valence-corrected chi connectivity index (χ2v) is 4.96. The van der Waals surface area contributed by atoms with Gasteiger partial charge >= 0.3 is 0 Å². The molecule has 1 heterocycles. The van der Waals surface area contributed by atoms with E-state index < -0.39 is 0 Å². The Hall–Kier alpha value is -0.280. The first-order chi connectivity index (χ1) is 7.77. The number of piperidine rings is 1. The standard InChI is InChI=1S/C14H22N2.2ClH/c1-16(2)11-13-5-3-4-6-14(13)12-7-9-15-10-8-12;;/h3-6,12,15H,7-11H2,1-2H3;2*1H. The van der Waals surface area contributed by atoms with Gasteiger partial charge in [0.05, 0.1) is 0 Å². The first kappa shape index (κ1) is 17.7. The van der Waals surface area contributed by atoms with E-state index in [0.717, 1.165) is 12.5 Å². The molecule has 0 amide bonds. The Morgan fingerprint density at radius 1 is 1.11 bits per heavy atom. The second-order valence-electron chi connectivity index (χ2n) is 4.96. The maximum absolute atomic E-state index is 3.43. The summed E-state index contributed by atoms with van der Waals surface area (Å²) in [5.74, 6) is 0.761. The number of rotatable bonds is 3. The van der Waals surface area contributed by atoms with Gasteiger partial charge in [-0.25, -0.2) is 0 Å². The molecule has 1 aliphatic heterocycles. The van der Waals surface area contributed by atoms with Crippen LogP contribution in [0.3, 0.4) is 0 Å². The van der Waals surface area contributed by atoms with Crippen molar-refractivity contribution < 1.29 is 0 Å². The zero-order valence-electron chi connectivity index (χ0n) is 11.2. The third-order valence-electron chi connectivity index (χ3n) is 3.32. The van der Waals surface area contributed by atoms with E-state index >= 15 is 0 Å². The topological polar surface area (TPSA) is 15.3 Å². The molecule has 0 atom stereocenters. The van der Waals surface area contributed by atoms with Crippen LogP contribution in [0.2, 0.25) is 0 Å². The molecule has 0 bridgehead atoms. The van der Waals surface area contributed by atoms with Crippen LogP contribution in [0.1, 0.15) is 29.9 Å². The number of nitrogens with one attached hydrogen (secondary N) is 1. The van der Waals surface area contributed by atoms with Gasteiger partial charge in [0.2, 0.25) is 0 Å². The molecule has 0 spiro atoms. The molecule has 104 valence electrons. The van der Waals surface area contributed by atoms with E-state index in [1.54, 1.807) is 5.56 Å². The van der Waals surface area contributed by atoms with Gasteiger partial charge in [0.25, 0.3) is 0 Å². The van der Waals surface area contributed by atoms with Gasteiger partial charge in [0, 0.05) is 6.54 Å². The smallest absolute Gasteiger partial charge is 0.0230 e. The lowest BCUT2D eigenvalue weighted by atomic mass is 9.87. The maximum atomic E-state index is 3.43. The molecule has 0 unspecified atom stereocenters. The van der Waals surface area contributed by atoms with Gasteiger partial charge in [-0.2, -0.15) is 0 Å². The molecular formula is C14H24Cl2N2. The highest BCUT2D eigenvalue weighted by atomic mass is 35.5. The quantitative estimate of drug-likeness (QED) is 0.921. The van der Waals surface area contributed by atoms with E-state index in [4.69, 9.17) is 0 Å². The highest BCUT2D eigenvalue weighted by Crippen LogP contribution is 2.28. The van der Waals surface area contributed by atoms with Crippen LogP contribution in [-0.2, 0) is 6.54 Å². The Labute approximate surface area is 123 Å². The molecule has 0 radical (unpaired) electrons. The van der Waals surface area contributed by atoms with Crippen molar-refractivity contribution in [2.24, 2.45) is 0 Å². The molecule has 1 fully saturated rings. The van der Waals surface area contributed by atoms with Crippen molar-refractivity contribution in [1.29, 1.82) is 0 Å². The van der Waals surface area contributed by atoms with Gasteiger partial charge in [-0.3, -0.25) is 0 Å². The van der Waals surface area contributed by atoms with Gasteiger partial charge in [0.1, 0.15) is 0 Å². The van der Waals surface area contributed by atoms with Crippen LogP contribution in [0.25, 0.3) is 0 Å². The van der Waals surface area contributed by atoms with E-state index in [1.807, 2.05) is 0 Å². The minimum Gasteiger partial charge on any atom is -0.317 e. The van der Waals surface area contributed by atoms with Crippen molar-refractivity contribution in [3.63, 3.8) is 0 Å². The number of hydrogen-bond acceptors (Lipinski definition) is 2. The summed E-state index contributed by atoms with van der Waals surface area (Å²) >= 11 is 0. The molecule has 1 aromatic carbocycles. The van der Waals surface area contributed by atoms with Crippen molar-refractivity contribution in [2.75, 3.05) is 27.2 Å². The Bertz CT molecular complexity index is 336. The molecule has 0 aromatic heterocycles. The van der Waals surface area contributed by atoms with Gasteiger partial charge in [-0.1, -0.05) is 24.3 Å². The second kappa shape index (κ2) is 8.76. The molecular weight excluding hydrogens is 267 g/mol. The molecule has 2 rings (SSSR count). The third-order valence-corrected chi connectivity index (χ3v) is 3.32. The summed E-state index contributed by atoms with van der Waals surface area (Å²) in [5.41, 5.74) is 3.07. The number of benzene rings is 1. The van der Waals surface area contributed by atoms with Crippen molar-refractivity contribution in [1.82, 2.24) is 10.2 Å². The summed E-state index contributed by atoms with van der Waals surface area (Å²) in [6.07, 6.45) is 2.56. The van der Waals surface area contributed by atoms with Crippen LogP contribution in [0.4, 0.5) is 0 Å². The third kappa shape index (κ3) is 4.77. The highest BCUT2D eigenvalue weighted by Gasteiger charge is 2.17. The van der Waals surface area contributed by atoms with Gasteiger partial charge < -0.3 is 10.2 Å². The van der Waals surface area contributed by atoms with E-state index in [2.05, 4.69) is 48.6 Å². The minimum absolute atomic E-state index is 0. The normalized spacial score (nSPS) is 15.9. The largest absolute Gasteiger partial charge is 0.317 e. The van der Waals surface area contributed by atoms with Crippen LogP contribution in [-0.4, -0.2) is 32.1 Å². The van der Waals surface area contributed by atoms with E-state index in [-0.39, 0.29) is 24.8 Å². The average Bonchev–Trinajstić information content (AvgIpc) is 2.30. The Balaban J connectivity index is 0.00000144. The number of halogens is 2. The van der Waals surface area contributed by atoms with Crippen LogP contribution < -0.4 is 5.32 Å². The fourth-order valence-corrected chi connectivity index (χ4v) is 2.55. The molecule has 1 N–H and O–H groups in total. The summed E-state index contributed by atoms with van der Waals surface area (Å²) in [6, 6.07) is 8.92. The predicted octanol–water partition coefficient (Wildman–Crippen LogP) is 3.06. The summed E-state index contributed by atoms with van der Waals surface area (Å²) in [6.45, 7) is 3.39. The van der Waals surface area contributed by atoms with E-state index in [1.165, 1.54) is 31.5 Å². The molecule has 0 aliphatic carbocycles. The minimum atomic E-state index is 0. The molecule has 2 nitrogen and oxygen atoms in total. The van der Waals surface area contributed by atoms with Crippen LogP contribution in [0, 0.1) is 0 Å². The molecule has 1 saturated heterocycles. The summed E-state index contributed by atoms with van der Waals surface area (Å²) in [5, 5.41) is 3.43. The predicted molar refractivity (Wildman–Crippen MR) is 83.2 cm³/mol. The maximum Gasteiger partial charge on any atom is 0.0230 e. The van der Waals surface area contributed by atoms with Crippen LogP contribution in [0.5, 0.6) is 0 Å². The van der Waals surface area contributed by atoms with Crippen molar-refractivity contribution in [3.05, 3.63) is 35.4 Å². The van der Waals surface area contributed by atoms with Gasteiger partial charge in [0.15, 0.2) is 0 Å². The Morgan fingerprint density at radius 2 is 1.72 bits per heavy atom. The van der Waals surface area contributed by atoms with Crippen LogP contribution >= 0.6 is 24.8 Å². The number of hydrogen-bond donors (Lipinski definition) is 1. The lowest BCUT2D eigenvalue weighted by Crippen LogP contribution is -2.27. The molecule has 1 aliphatic rings. The molecule has 4 heteroatoms. The molecule has 0 saturated carbocycles. The lowest BCUT2D eigenvalue weighted by Gasteiger charge is -2.26. The van der Waals surface area contributed by atoms with E-state index in [0.29, 0.717) is 0 Å². The Kier molecular flexibility index (Phi) is 8.62. The first-order valence-corrected chi connectivity index (χ1v) is 6.20. The summed E-state index contributed by atoms with van der Waals surface area (Å²) < 4.78 is 0. The molecule has 1 aromatic rings. The van der Waals surface area contributed by atoms with Crippen LogP contribution in [0.15, 0.2) is 24.3 Å². The van der Waals surface area contributed by atoms with Crippen molar-refractivity contribution in [3.8, 4) is 0 Å². The SMILES string of the molecule is CN(C)Cc1ccccc1C1CCNCC1.Cl.Cl. The average molecular weight is 291 g/mol. The first-order valence-electron chi connectivity index (χ1n) is 6.20. The van der Waals surface area contributed by atoms with Gasteiger partial charge in [-0.05, 0) is 57.1 Å². The zero-order valence-corrected chi connectivity index (χ0v) is 12.8. The highest BCUT2D eigenvalue weighted by molar-refractivity contribution is 5.85. The monoisotopic (exact) mass is 290 g/mol. The fraction of sp³-hybridized carbons (Fsp3) is 0.571. The lowest BCUT2D eigenvalue weighted by molar-refractivity contribution is 0.394.